The van der Waals surface area contributed by atoms with Crippen LogP contribution in [0.3, 0.4) is 0 Å². The third-order valence-corrected chi connectivity index (χ3v) is 4.88. The Bertz CT molecular complexity index is 907. The number of halogens is 1. The highest BCUT2D eigenvalue weighted by atomic mass is 35.5. The van der Waals surface area contributed by atoms with Crippen molar-refractivity contribution in [2.45, 2.75) is 27.3 Å². The average Bonchev–Trinajstić information content (AvgIpc) is 2.71. The van der Waals surface area contributed by atoms with Crippen LogP contribution in [0.15, 0.2) is 54.7 Å². The van der Waals surface area contributed by atoms with Crippen LogP contribution in [0.1, 0.15) is 25.0 Å². The number of rotatable bonds is 8. The van der Waals surface area contributed by atoms with Gasteiger partial charge in [-0.05, 0) is 68.3 Å². The van der Waals surface area contributed by atoms with E-state index >= 15 is 0 Å². The first kappa shape index (κ1) is 20.0. The molecule has 28 heavy (non-hydrogen) atoms. The molecule has 146 valence electrons. The van der Waals surface area contributed by atoms with Gasteiger partial charge in [-0.1, -0.05) is 23.7 Å². The summed E-state index contributed by atoms with van der Waals surface area (Å²) in [6.07, 6.45) is 1.75. The molecule has 0 aliphatic rings. The van der Waals surface area contributed by atoms with E-state index in [4.69, 9.17) is 11.6 Å². The van der Waals surface area contributed by atoms with Crippen LogP contribution in [0, 0.1) is 6.92 Å². The Morgan fingerprint density at radius 1 is 1.00 bits per heavy atom. The van der Waals surface area contributed by atoms with Gasteiger partial charge >= 0.3 is 0 Å². The number of nitrogens with zero attached hydrogens (tertiary/aromatic N) is 3. The first-order chi connectivity index (χ1) is 13.6. The Morgan fingerprint density at radius 3 is 2.43 bits per heavy atom. The lowest BCUT2D eigenvalue weighted by atomic mass is 10.1. The van der Waals surface area contributed by atoms with Crippen LogP contribution in [0.25, 0.3) is 0 Å². The molecule has 0 atom stereocenters. The van der Waals surface area contributed by atoms with Crippen molar-refractivity contribution in [3.63, 3.8) is 0 Å². The Hall–Kier alpha value is -2.79. The summed E-state index contributed by atoms with van der Waals surface area (Å²) in [5, 5.41) is 7.38. The minimum atomic E-state index is 0.569. The average molecular weight is 396 g/mol. The highest BCUT2D eigenvalue weighted by molar-refractivity contribution is 6.30. The Labute approximate surface area is 171 Å². The Kier molecular flexibility index (Phi) is 6.71. The van der Waals surface area contributed by atoms with E-state index in [1.165, 1.54) is 5.69 Å². The fourth-order valence-corrected chi connectivity index (χ4v) is 3.13. The SMILES string of the molecule is CCN(CC)c1ccc(Nc2nccc(NCc3ccc(Cl)cc3)n2)c(C)c1. The van der Waals surface area contributed by atoms with Crippen molar-refractivity contribution in [1.82, 2.24) is 9.97 Å². The molecule has 5 nitrogen and oxygen atoms in total. The Morgan fingerprint density at radius 2 is 1.75 bits per heavy atom. The standard InChI is InChI=1S/C22H26ClN5/c1-4-28(5-2)19-10-11-20(16(3)14-19)26-22-24-13-12-21(27-22)25-15-17-6-8-18(23)9-7-17/h6-14H,4-5,15H2,1-3H3,(H2,24,25,26,27). The van der Waals surface area contributed by atoms with Crippen LogP contribution in [0.2, 0.25) is 5.02 Å². The van der Waals surface area contributed by atoms with E-state index in [1.54, 1.807) is 6.20 Å². The van der Waals surface area contributed by atoms with Gasteiger partial charge in [0.2, 0.25) is 5.95 Å². The maximum absolute atomic E-state index is 5.93. The van der Waals surface area contributed by atoms with E-state index in [0.717, 1.165) is 40.7 Å². The van der Waals surface area contributed by atoms with Crippen molar-refractivity contribution in [2.24, 2.45) is 0 Å². The summed E-state index contributed by atoms with van der Waals surface area (Å²) < 4.78 is 0. The molecule has 0 spiro atoms. The molecule has 0 fully saturated rings. The summed E-state index contributed by atoms with van der Waals surface area (Å²) in [6.45, 7) is 9.09. The third-order valence-electron chi connectivity index (χ3n) is 4.63. The second-order valence-electron chi connectivity index (χ2n) is 6.54. The third kappa shape index (κ3) is 5.14. The van der Waals surface area contributed by atoms with Crippen LogP contribution >= 0.6 is 11.6 Å². The predicted octanol–water partition coefficient (Wildman–Crippen LogP) is 5.64. The number of aryl methyl sites for hydroxylation is 1. The highest BCUT2D eigenvalue weighted by Gasteiger charge is 2.07. The van der Waals surface area contributed by atoms with Crippen molar-refractivity contribution < 1.29 is 0 Å². The molecule has 0 saturated carbocycles. The Balaban J connectivity index is 1.68. The molecule has 0 amide bonds. The quantitative estimate of drug-likeness (QED) is 0.516. The van der Waals surface area contributed by atoms with Crippen LogP contribution in [-0.2, 0) is 6.54 Å². The summed E-state index contributed by atoms with van der Waals surface area (Å²) in [5.41, 5.74) is 4.53. The van der Waals surface area contributed by atoms with Crippen molar-refractivity contribution in [1.29, 1.82) is 0 Å². The van der Waals surface area contributed by atoms with E-state index in [2.05, 4.69) is 64.5 Å². The fraction of sp³-hybridized carbons (Fsp3) is 0.273. The molecule has 0 aliphatic heterocycles. The molecule has 3 rings (SSSR count). The zero-order valence-electron chi connectivity index (χ0n) is 16.5. The summed E-state index contributed by atoms with van der Waals surface area (Å²) in [7, 11) is 0. The first-order valence-electron chi connectivity index (χ1n) is 9.53. The van der Waals surface area contributed by atoms with Gasteiger partial charge in [0.25, 0.3) is 0 Å². The minimum Gasteiger partial charge on any atom is -0.372 e. The second-order valence-corrected chi connectivity index (χ2v) is 6.98. The monoisotopic (exact) mass is 395 g/mol. The molecule has 3 aromatic rings. The summed E-state index contributed by atoms with van der Waals surface area (Å²) in [4.78, 5) is 11.2. The lowest BCUT2D eigenvalue weighted by Gasteiger charge is -2.22. The van der Waals surface area contributed by atoms with Crippen molar-refractivity contribution in [3.05, 3.63) is 70.9 Å². The maximum Gasteiger partial charge on any atom is 0.229 e. The van der Waals surface area contributed by atoms with Gasteiger partial charge in [-0.3, -0.25) is 0 Å². The molecular formula is C22H26ClN5. The number of benzene rings is 2. The molecule has 2 N–H and O–H groups in total. The van der Waals surface area contributed by atoms with E-state index < -0.39 is 0 Å². The molecule has 0 aliphatic carbocycles. The summed E-state index contributed by atoms with van der Waals surface area (Å²) in [5.74, 6) is 1.34. The molecule has 1 aromatic heterocycles. The van der Waals surface area contributed by atoms with E-state index in [9.17, 15) is 0 Å². The minimum absolute atomic E-state index is 0.569. The number of hydrogen-bond donors (Lipinski definition) is 2. The molecule has 0 saturated heterocycles. The molecule has 1 heterocycles. The lowest BCUT2D eigenvalue weighted by molar-refractivity contribution is 0.866. The van der Waals surface area contributed by atoms with Crippen molar-refractivity contribution in [2.75, 3.05) is 28.6 Å². The van der Waals surface area contributed by atoms with Crippen molar-refractivity contribution >= 4 is 34.7 Å². The van der Waals surface area contributed by atoms with Gasteiger partial charge in [0, 0.05) is 42.2 Å². The summed E-state index contributed by atoms with van der Waals surface area (Å²) >= 11 is 5.93. The maximum atomic E-state index is 5.93. The van der Waals surface area contributed by atoms with Gasteiger partial charge in [0.05, 0.1) is 0 Å². The molecular weight excluding hydrogens is 370 g/mol. The topological polar surface area (TPSA) is 53.1 Å². The van der Waals surface area contributed by atoms with Gasteiger partial charge in [-0.2, -0.15) is 4.98 Å². The predicted molar refractivity (Wildman–Crippen MR) is 119 cm³/mol. The van der Waals surface area contributed by atoms with Gasteiger partial charge in [0.1, 0.15) is 5.82 Å². The van der Waals surface area contributed by atoms with E-state index in [0.29, 0.717) is 12.5 Å². The van der Waals surface area contributed by atoms with Crippen LogP contribution < -0.4 is 15.5 Å². The highest BCUT2D eigenvalue weighted by Crippen LogP contribution is 2.24. The fourth-order valence-electron chi connectivity index (χ4n) is 3.01. The van der Waals surface area contributed by atoms with E-state index in [-0.39, 0.29) is 0 Å². The van der Waals surface area contributed by atoms with Crippen LogP contribution in [0.5, 0.6) is 0 Å². The van der Waals surface area contributed by atoms with Gasteiger partial charge in [-0.25, -0.2) is 4.98 Å². The van der Waals surface area contributed by atoms with E-state index in [1.807, 2.05) is 30.3 Å². The smallest absolute Gasteiger partial charge is 0.229 e. The molecule has 0 unspecified atom stereocenters. The van der Waals surface area contributed by atoms with Crippen LogP contribution in [0.4, 0.5) is 23.1 Å². The molecule has 0 radical (unpaired) electrons. The number of aromatic nitrogens is 2. The zero-order chi connectivity index (χ0) is 19.9. The molecule has 0 bridgehead atoms. The van der Waals surface area contributed by atoms with Gasteiger partial charge in [-0.15, -0.1) is 0 Å². The van der Waals surface area contributed by atoms with Crippen LogP contribution in [-0.4, -0.2) is 23.1 Å². The largest absolute Gasteiger partial charge is 0.372 e. The molecule has 2 aromatic carbocycles. The summed E-state index contributed by atoms with van der Waals surface area (Å²) in [6, 6.07) is 16.0. The van der Waals surface area contributed by atoms with Gasteiger partial charge < -0.3 is 15.5 Å². The number of anilines is 4. The zero-order valence-corrected chi connectivity index (χ0v) is 17.3. The second kappa shape index (κ2) is 9.42. The lowest BCUT2D eigenvalue weighted by Crippen LogP contribution is -2.21. The van der Waals surface area contributed by atoms with Crippen molar-refractivity contribution in [3.8, 4) is 0 Å². The normalized spacial score (nSPS) is 10.6. The number of hydrogen-bond acceptors (Lipinski definition) is 5. The van der Waals surface area contributed by atoms with Gasteiger partial charge in [0.15, 0.2) is 0 Å². The first-order valence-corrected chi connectivity index (χ1v) is 9.90. The molecule has 6 heteroatoms. The number of nitrogens with one attached hydrogen (secondary N) is 2.